The molecule has 115 valence electrons. The van der Waals surface area contributed by atoms with Crippen molar-refractivity contribution in [3.8, 4) is 24.8 Å². The minimum absolute atomic E-state index is 1.08. The first kappa shape index (κ1) is 21.2. The number of hydrogen-bond acceptors (Lipinski definition) is 7. The average Bonchev–Trinajstić information content (AvgIpc) is 2.56. The van der Waals surface area contributed by atoms with Crippen LogP contribution in [0.15, 0.2) is 0 Å². The van der Waals surface area contributed by atoms with Crippen LogP contribution in [0.1, 0.15) is 20.8 Å². The molecule has 0 fully saturated rings. The van der Waals surface area contributed by atoms with Gasteiger partial charge in [-0.15, -0.1) is 0 Å². The average molecular weight is 330 g/mol. The van der Waals surface area contributed by atoms with Gasteiger partial charge < -0.3 is 10.2 Å². The molecular weight excluding hydrogens is 310 g/mol. The van der Waals surface area contributed by atoms with E-state index in [4.69, 9.17) is 26.3 Å². The third kappa shape index (κ3) is 6.25. The summed E-state index contributed by atoms with van der Waals surface area (Å²) in [5.41, 5.74) is 0. The Kier molecular flexibility index (Phi) is 10.7. The van der Waals surface area contributed by atoms with Gasteiger partial charge in [0, 0.05) is 13.1 Å². The summed E-state index contributed by atoms with van der Waals surface area (Å²) < 4.78 is 0. The van der Waals surface area contributed by atoms with Gasteiger partial charge in [-0.05, 0) is 19.6 Å². The van der Waals surface area contributed by atoms with E-state index in [1.54, 1.807) is 0 Å². The third-order valence-electron chi connectivity index (χ3n) is 2.54. The van der Waals surface area contributed by atoms with Crippen molar-refractivity contribution in [2.75, 3.05) is 32.7 Å². The summed E-state index contributed by atoms with van der Waals surface area (Å²) in [6.07, 6.45) is 0. The number of hydrogen-bond donors (Lipinski definition) is 1. The molecule has 0 saturated carbocycles. The molecule has 0 amide bonds. The van der Waals surface area contributed by atoms with E-state index in [0.717, 1.165) is 13.1 Å². The van der Waals surface area contributed by atoms with Crippen LogP contribution in [-0.2, 0) is 11.8 Å². The topological polar surface area (TPSA) is 134 Å². The summed E-state index contributed by atoms with van der Waals surface area (Å²) in [4.78, 5) is 8.54. The van der Waals surface area contributed by atoms with E-state index in [1.807, 2.05) is 0 Å². The molecule has 7 nitrogen and oxygen atoms in total. The summed E-state index contributed by atoms with van der Waals surface area (Å²) >= 11 is -4.78. The first-order valence-electron chi connectivity index (χ1n) is 6.28. The van der Waals surface area contributed by atoms with Crippen LogP contribution < -0.4 is 5.32 Å². The normalized spacial score (nSPS) is 11.1. The van der Waals surface area contributed by atoms with Crippen molar-refractivity contribution in [1.82, 2.24) is 10.2 Å². The van der Waals surface area contributed by atoms with Crippen molar-refractivity contribution in [3.05, 3.63) is 0 Å². The molecule has 0 aliphatic heterocycles. The van der Waals surface area contributed by atoms with Gasteiger partial charge in [-0.2, -0.15) is 0 Å². The molecule has 0 heterocycles. The maximum absolute atomic E-state index is 8.35. The molecule has 0 radical (unpaired) electrons. The monoisotopic (exact) mass is 330 g/mol. The predicted octanol–water partition coefficient (Wildman–Crippen LogP) is 1.02. The fourth-order valence-electron chi connectivity index (χ4n) is 1.13. The molecule has 0 aromatic heterocycles. The van der Waals surface area contributed by atoms with Crippen LogP contribution in [0.3, 0.4) is 0 Å². The number of nitriles is 5. The summed E-state index contributed by atoms with van der Waals surface area (Å²) in [5.74, 6) is 0. The maximum atomic E-state index is 8.35. The summed E-state index contributed by atoms with van der Waals surface area (Å²) in [5, 5.41) is 45.1. The SMILES string of the molecule is CCNCCN(CC)CC.N#[C][Fe]([C]#N)([C]#N)([C]#N)[C]#N. The Labute approximate surface area is 127 Å². The Morgan fingerprint density at radius 1 is 0.810 bits per heavy atom. The van der Waals surface area contributed by atoms with Gasteiger partial charge in [-0.25, -0.2) is 0 Å². The van der Waals surface area contributed by atoms with Crippen LogP contribution in [0.25, 0.3) is 0 Å². The zero-order valence-electron chi connectivity index (χ0n) is 12.6. The molecule has 21 heavy (non-hydrogen) atoms. The predicted molar refractivity (Wildman–Crippen MR) is 74.4 cm³/mol. The van der Waals surface area contributed by atoms with Gasteiger partial charge in [0.25, 0.3) is 0 Å². The van der Waals surface area contributed by atoms with E-state index < -0.39 is 11.8 Å². The zero-order chi connectivity index (χ0) is 16.8. The minimum atomic E-state index is -4.78. The standard InChI is InChI=1S/C8H20N2.5CN.Fe/c1-4-9-7-8-10(5-2)6-3;5*1-2;/h9H,4-8H2,1-3H3;;;;;;. The first-order chi connectivity index (χ1) is 9.96. The van der Waals surface area contributed by atoms with Crippen LogP contribution in [0, 0.1) is 51.1 Å². The molecule has 0 unspecified atom stereocenters. The molecule has 0 bridgehead atoms. The Hall–Kier alpha value is -2.11. The van der Waals surface area contributed by atoms with E-state index in [0.29, 0.717) is 0 Å². The second-order valence-corrected chi connectivity index (χ2v) is 7.65. The molecule has 0 aromatic carbocycles. The molecule has 0 aliphatic rings. The Balaban J connectivity index is 0. The molecule has 0 aromatic rings. The molecule has 0 aliphatic carbocycles. The van der Waals surface area contributed by atoms with E-state index in [1.165, 1.54) is 44.5 Å². The number of nitrogens with zero attached hydrogens (tertiary/aromatic N) is 6. The van der Waals surface area contributed by atoms with Crippen molar-refractivity contribution in [3.63, 3.8) is 0 Å². The van der Waals surface area contributed by atoms with E-state index in [9.17, 15) is 0 Å². The summed E-state index contributed by atoms with van der Waals surface area (Å²) in [6, 6.07) is 0. The number of nitrogens with one attached hydrogen (secondary N) is 1. The van der Waals surface area contributed by atoms with Gasteiger partial charge >= 0.3 is 62.9 Å². The van der Waals surface area contributed by atoms with Gasteiger partial charge in [0.05, 0.1) is 0 Å². The quantitative estimate of drug-likeness (QED) is 0.567. The molecule has 0 atom stereocenters. The van der Waals surface area contributed by atoms with Gasteiger partial charge in [0.1, 0.15) is 0 Å². The Morgan fingerprint density at radius 3 is 1.38 bits per heavy atom. The summed E-state index contributed by atoms with van der Waals surface area (Å²) in [7, 11) is 0. The first-order valence-corrected chi connectivity index (χ1v) is 9.04. The van der Waals surface area contributed by atoms with Crippen molar-refractivity contribution in [1.29, 1.82) is 26.3 Å². The fraction of sp³-hybridized carbons (Fsp3) is 0.615. The Bertz CT molecular complexity index is 420. The van der Waals surface area contributed by atoms with Crippen LogP contribution in [0.4, 0.5) is 0 Å². The van der Waals surface area contributed by atoms with E-state index in [2.05, 4.69) is 31.0 Å². The second kappa shape index (κ2) is 10.7. The molecule has 0 spiro atoms. The van der Waals surface area contributed by atoms with Gasteiger partial charge in [0.15, 0.2) is 0 Å². The third-order valence-corrected chi connectivity index (χ3v) is 5.01. The van der Waals surface area contributed by atoms with Crippen molar-refractivity contribution in [2.45, 2.75) is 20.8 Å². The Morgan fingerprint density at radius 2 is 1.19 bits per heavy atom. The van der Waals surface area contributed by atoms with Crippen molar-refractivity contribution in [2.24, 2.45) is 0 Å². The van der Waals surface area contributed by atoms with Crippen LogP contribution in [0.5, 0.6) is 0 Å². The molecule has 0 saturated heterocycles. The van der Waals surface area contributed by atoms with Crippen LogP contribution >= 0.6 is 0 Å². The molecule has 8 heteroatoms. The molecular formula is C13H20FeN7. The van der Waals surface area contributed by atoms with Gasteiger partial charge in [-0.3, -0.25) is 0 Å². The fourth-order valence-corrected chi connectivity index (χ4v) is 1.68. The van der Waals surface area contributed by atoms with E-state index >= 15 is 0 Å². The van der Waals surface area contributed by atoms with Crippen molar-refractivity contribution < 1.29 is 11.8 Å². The number of likely N-dealkylation sites (N-methyl/N-ethyl adjacent to an activating group) is 2. The van der Waals surface area contributed by atoms with E-state index in [-0.39, 0.29) is 0 Å². The van der Waals surface area contributed by atoms with Crippen molar-refractivity contribution >= 4 is 0 Å². The van der Waals surface area contributed by atoms with Gasteiger partial charge in [-0.1, -0.05) is 20.8 Å². The molecule has 1 N–H and O–H groups in total. The number of rotatable bonds is 6. The van der Waals surface area contributed by atoms with Gasteiger partial charge in [0.2, 0.25) is 0 Å². The van der Waals surface area contributed by atoms with Crippen LogP contribution in [0.2, 0.25) is 0 Å². The van der Waals surface area contributed by atoms with Crippen LogP contribution in [-0.4, -0.2) is 37.6 Å². The summed E-state index contributed by atoms with van der Waals surface area (Å²) in [6.45, 7) is 12.3. The molecule has 0 rings (SSSR count). The second-order valence-electron chi connectivity index (χ2n) is 3.66. The zero-order valence-corrected chi connectivity index (χ0v) is 13.7.